The van der Waals surface area contributed by atoms with E-state index < -0.39 is 41.6 Å². The number of nitrogens with one attached hydrogen (secondary N) is 3. The second-order valence-corrected chi connectivity index (χ2v) is 8.28. The molecule has 9 heteroatoms. The zero-order valence-corrected chi connectivity index (χ0v) is 19.6. The quantitative estimate of drug-likeness (QED) is 0.449. The molecule has 3 N–H and O–H groups in total. The minimum Gasteiger partial charge on any atom is -0.345 e. The van der Waals surface area contributed by atoms with Crippen molar-refractivity contribution < 1.29 is 24.0 Å². The van der Waals surface area contributed by atoms with Gasteiger partial charge in [0.05, 0.1) is 0 Å². The summed E-state index contributed by atoms with van der Waals surface area (Å²) in [7, 11) is 0. The molecule has 182 valence electrons. The third-order valence-electron chi connectivity index (χ3n) is 5.43. The zero-order chi connectivity index (χ0) is 25.4. The average Bonchev–Trinajstić information content (AvgIpc) is 3.15. The third kappa shape index (κ3) is 7.36. The molecule has 1 aliphatic rings. The number of carbonyl (C=O) groups is 5. The van der Waals surface area contributed by atoms with E-state index in [0.29, 0.717) is 5.69 Å². The number of hydrogen-bond acceptors (Lipinski definition) is 5. The fourth-order valence-corrected chi connectivity index (χ4v) is 3.49. The lowest BCUT2D eigenvalue weighted by atomic mass is 10.0. The van der Waals surface area contributed by atoms with Crippen molar-refractivity contribution in [2.75, 3.05) is 11.9 Å². The molecule has 0 saturated heterocycles. The number of benzene rings is 2. The highest BCUT2D eigenvalue weighted by Crippen LogP contribution is 2.15. The van der Waals surface area contributed by atoms with Gasteiger partial charge in [0, 0.05) is 30.8 Å². The summed E-state index contributed by atoms with van der Waals surface area (Å²) in [5.41, 5.74) is 2.81. The number of carbonyl (C=O) groups excluding carboxylic acids is 5. The van der Waals surface area contributed by atoms with E-state index in [-0.39, 0.29) is 13.0 Å². The number of amides is 5. The number of hydrogen-bond donors (Lipinski definition) is 3. The fraction of sp³-hybridized carbons (Fsp3) is 0.269. The first-order valence-electron chi connectivity index (χ1n) is 11.3. The minimum atomic E-state index is -0.907. The second-order valence-electron chi connectivity index (χ2n) is 8.28. The van der Waals surface area contributed by atoms with Crippen molar-refractivity contribution in [1.29, 1.82) is 0 Å². The van der Waals surface area contributed by atoms with E-state index >= 15 is 0 Å². The van der Waals surface area contributed by atoms with Gasteiger partial charge in [0.1, 0.15) is 12.1 Å². The maximum absolute atomic E-state index is 12.6. The van der Waals surface area contributed by atoms with Gasteiger partial charge in [0.25, 0.3) is 11.8 Å². The van der Waals surface area contributed by atoms with Gasteiger partial charge in [-0.25, -0.2) is 0 Å². The lowest BCUT2D eigenvalue weighted by Crippen LogP contribution is -2.50. The van der Waals surface area contributed by atoms with Crippen LogP contribution in [0.15, 0.2) is 66.7 Å². The lowest BCUT2D eigenvalue weighted by molar-refractivity contribution is -0.137. The number of rotatable bonds is 10. The molecule has 9 nitrogen and oxygen atoms in total. The molecular weight excluding hydrogens is 448 g/mol. The highest BCUT2D eigenvalue weighted by Gasteiger charge is 2.25. The van der Waals surface area contributed by atoms with Crippen molar-refractivity contribution >= 4 is 35.2 Å². The zero-order valence-electron chi connectivity index (χ0n) is 19.6. The van der Waals surface area contributed by atoms with Crippen LogP contribution in [0.25, 0.3) is 0 Å². The number of nitrogens with zero attached hydrogens (tertiary/aromatic N) is 1. The molecule has 35 heavy (non-hydrogen) atoms. The Morgan fingerprint density at radius 1 is 0.800 bits per heavy atom. The minimum absolute atomic E-state index is 0.0764. The summed E-state index contributed by atoms with van der Waals surface area (Å²) >= 11 is 0. The highest BCUT2D eigenvalue weighted by molar-refractivity contribution is 6.13. The fourth-order valence-electron chi connectivity index (χ4n) is 3.49. The van der Waals surface area contributed by atoms with Crippen LogP contribution in [0.3, 0.4) is 0 Å². The Morgan fingerprint density at radius 3 is 2.11 bits per heavy atom. The molecular formula is C26H28N4O5. The van der Waals surface area contributed by atoms with E-state index in [1.165, 1.54) is 6.92 Å². The van der Waals surface area contributed by atoms with Crippen LogP contribution in [0.1, 0.15) is 31.4 Å². The largest absolute Gasteiger partial charge is 0.345 e. The number of imide groups is 1. The highest BCUT2D eigenvalue weighted by atomic mass is 16.2. The van der Waals surface area contributed by atoms with Gasteiger partial charge in [-0.2, -0.15) is 0 Å². The van der Waals surface area contributed by atoms with Gasteiger partial charge in [-0.3, -0.25) is 28.9 Å². The molecule has 0 saturated carbocycles. The predicted octanol–water partition coefficient (Wildman–Crippen LogP) is 1.54. The molecule has 0 fully saturated rings. The van der Waals surface area contributed by atoms with Gasteiger partial charge in [-0.15, -0.1) is 0 Å². The first-order valence-corrected chi connectivity index (χ1v) is 11.3. The molecule has 2 atom stereocenters. The van der Waals surface area contributed by atoms with Gasteiger partial charge in [0.2, 0.25) is 17.7 Å². The first kappa shape index (κ1) is 25.4. The SMILES string of the molecule is C[C@H](NC(=O)CCN1C(=O)C=CC1=O)C(=O)N[C@@H](C)C(=O)Nc1cccc(Cc2ccccc2)c1. The van der Waals surface area contributed by atoms with Gasteiger partial charge >= 0.3 is 0 Å². The van der Waals surface area contributed by atoms with Crippen LogP contribution in [0.4, 0.5) is 5.69 Å². The van der Waals surface area contributed by atoms with E-state index in [1.54, 1.807) is 13.0 Å². The van der Waals surface area contributed by atoms with Crippen LogP contribution in [-0.2, 0) is 30.4 Å². The van der Waals surface area contributed by atoms with E-state index in [2.05, 4.69) is 16.0 Å². The van der Waals surface area contributed by atoms with Gasteiger partial charge in [0.15, 0.2) is 0 Å². The molecule has 0 spiro atoms. The molecule has 0 bridgehead atoms. The average molecular weight is 477 g/mol. The van der Waals surface area contributed by atoms with Crippen molar-refractivity contribution in [3.8, 4) is 0 Å². The molecule has 0 aliphatic carbocycles. The molecule has 1 aliphatic heterocycles. The molecule has 1 heterocycles. The summed E-state index contributed by atoms with van der Waals surface area (Å²) in [6, 6.07) is 15.7. The standard InChI is InChI=1S/C26H28N4O5/c1-17(27-22(31)13-14-30-23(32)11-12-24(30)33)25(34)28-18(2)26(35)29-21-10-6-9-20(16-21)15-19-7-4-3-5-8-19/h3-12,16-18H,13-15H2,1-2H3,(H,27,31)(H,28,34)(H,29,35)/t17-,18-/m0/s1. The Morgan fingerprint density at radius 2 is 1.43 bits per heavy atom. The molecule has 3 rings (SSSR count). The molecule has 2 aromatic carbocycles. The van der Waals surface area contributed by atoms with E-state index in [1.807, 2.05) is 48.5 Å². The Bertz CT molecular complexity index is 1130. The van der Waals surface area contributed by atoms with Crippen LogP contribution >= 0.6 is 0 Å². The predicted molar refractivity (Wildman–Crippen MR) is 130 cm³/mol. The smallest absolute Gasteiger partial charge is 0.253 e. The molecule has 2 aromatic rings. The Kier molecular flexibility index (Phi) is 8.50. The van der Waals surface area contributed by atoms with Crippen LogP contribution in [0, 0.1) is 0 Å². The van der Waals surface area contributed by atoms with Crippen LogP contribution in [-0.4, -0.2) is 53.1 Å². The molecule has 0 aromatic heterocycles. The van der Waals surface area contributed by atoms with E-state index in [4.69, 9.17) is 0 Å². The van der Waals surface area contributed by atoms with E-state index in [9.17, 15) is 24.0 Å². The van der Waals surface area contributed by atoms with Crippen molar-refractivity contribution in [2.24, 2.45) is 0 Å². The maximum atomic E-state index is 12.6. The van der Waals surface area contributed by atoms with Gasteiger partial charge in [-0.1, -0.05) is 42.5 Å². The summed E-state index contributed by atoms with van der Waals surface area (Å²) in [6.45, 7) is 2.96. The van der Waals surface area contributed by atoms with Crippen LogP contribution < -0.4 is 16.0 Å². The Labute approximate surface area is 203 Å². The molecule has 5 amide bonds. The van der Waals surface area contributed by atoms with Crippen molar-refractivity contribution in [3.63, 3.8) is 0 Å². The summed E-state index contributed by atoms with van der Waals surface area (Å²) in [6.07, 6.45) is 2.88. The van der Waals surface area contributed by atoms with Crippen LogP contribution in [0.2, 0.25) is 0 Å². The van der Waals surface area contributed by atoms with Crippen LogP contribution in [0.5, 0.6) is 0 Å². The van der Waals surface area contributed by atoms with Crippen molar-refractivity contribution in [3.05, 3.63) is 77.9 Å². The first-order chi connectivity index (χ1) is 16.7. The third-order valence-corrected chi connectivity index (χ3v) is 5.43. The second kappa shape index (κ2) is 11.7. The summed E-state index contributed by atoms with van der Waals surface area (Å²) in [5, 5.41) is 7.88. The van der Waals surface area contributed by atoms with Crippen molar-refractivity contribution in [2.45, 2.75) is 38.8 Å². The van der Waals surface area contributed by atoms with Crippen molar-refractivity contribution in [1.82, 2.24) is 15.5 Å². The van der Waals surface area contributed by atoms with E-state index in [0.717, 1.165) is 34.6 Å². The molecule has 0 radical (unpaired) electrons. The maximum Gasteiger partial charge on any atom is 0.253 e. The van der Waals surface area contributed by atoms with Gasteiger partial charge in [-0.05, 0) is 43.5 Å². The topological polar surface area (TPSA) is 125 Å². The molecule has 0 unspecified atom stereocenters. The normalized spacial score (nSPS) is 14.4. The monoisotopic (exact) mass is 476 g/mol. The number of anilines is 1. The summed E-state index contributed by atoms with van der Waals surface area (Å²) < 4.78 is 0. The lowest BCUT2D eigenvalue weighted by Gasteiger charge is -2.19. The van der Waals surface area contributed by atoms with Gasteiger partial charge < -0.3 is 16.0 Å². The Hall–Kier alpha value is -4.27. The Balaban J connectivity index is 1.45. The summed E-state index contributed by atoms with van der Waals surface area (Å²) in [5.74, 6) is -2.37. The summed E-state index contributed by atoms with van der Waals surface area (Å²) in [4.78, 5) is 61.1.